The third-order valence-corrected chi connectivity index (χ3v) is 3.83. The molecule has 2 rings (SSSR count). The summed E-state index contributed by atoms with van der Waals surface area (Å²) >= 11 is 5.06. The molecule has 17 heavy (non-hydrogen) atoms. The maximum atomic E-state index is 4.55. The fraction of sp³-hybridized carbons (Fsp3) is 0.333. The molecule has 0 aliphatic heterocycles. The summed E-state index contributed by atoms with van der Waals surface area (Å²) in [5, 5.41) is 4.51. The first-order valence-electron chi connectivity index (χ1n) is 5.38. The van der Waals surface area contributed by atoms with Gasteiger partial charge in [-0.25, -0.2) is 9.97 Å². The van der Waals surface area contributed by atoms with E-state index in [9.17, 15) is 0 Å². The largest absolute Gasteiger partial charge is 0.376 e. The number of aryl methyl sites for hydroxylation is 2. The van der Waals surface area contributed by atoms with Crippen LogP contribution in [0.4, 0.5) is 5.69 Å². The van der Waals surface area contributed by atoms with Crippen LogP contribution in [0.5, 0.6) is 0 Å². The molecule has 0 aliphatic carbocycles. The number of hydrogen-bond donors (Lipinski definition) is 1. The van der Waals surface area contributed by atoms with Crippen LogP contribution in [0.2, 0.25) is 0 Å². The molecular weight excluding hydrogens is 298 g/mol. The highest BCUT2D eigenvalue weighted by Crippen LogP contribution is 2.25. The highest BCUT2D eigenvalue weighted by molar-refractivity contribution is 9.10. The highest BCUT2D eigenvalue weighted by Gasteiger charge is 2.12. The molecule has 2 aromatic rings. The lowest BCUT2D eigenvalue weighted by molar-refractivity contribution is 0.835. The Kier molecular flexibility index (Phi) is 3.79. The van der Waals surface area contributed by atoms with E-state index in [1.165, 1.54) is 4.88 Å². The van der Waals surface area contributed by atoms with E-state index in [0.717, 1.165) is 21.0 Å². The molecule has 0 saturated heterocycles. The summed E-state index contributed by atoms with van der Waals surface area (Å²) in [6.45, 7) is 6.26. The molecule has 1 atom stereocenters. The van der Waals surface area contributed by atoms with Gasteiger partial charge in [0.15, 0.2) is 0 Å². The van der Waals surface area contributed by atoms with E-state index in [0.29, 0.717) is 0 Å². The Balaban J connectivity index is 2.14. The molecular formula is C12H14BrN3S. The van der Waals surface area contributed by atoms with Gasteiger partial charge in [-0.2, -0.15) is 0 Å². The van der Waals surface area contributed by atoms with Crippen molar-refractivity contribution in [3.8, 4) is 0 Å². The monoisotopic (exact) mass is 311 g/mol. The van der Waals surface area contributed by atoms with Crippen LogP contribution < -0.4 is 5.32 Å². The normalized spacial score (nSPS) is 12.5. The summed E-state index contributed by atoms with van der Waals surface area (Å²) < 4.78 is 0.844. The topological polar surface area (TPSA) is 37.8 Å². The molecule has 1 N–H and O–H groups in total. The van der Waals surface area contributed by atoms with E-state index >= 15 is 0 Å². The van der Waals surface area contributed by atoms with Crippen molar-refractivity contribution in [2.75, 3.05) is 5.32 Å². The Morgan fingerprint density at radius 2 is 2.12 bits per heavy atom. The first kappa shape index (κ1) is 12.5. The molecule has 0 amide bonds. The summed E-state index contributed by atoms with van der Waals surface area (Å²) in [7, 11) is 0. The van der Waals surface area contributed by atoms with Crippen LogP contribution in [0.25, 0.3) is 0 Å². The molecule has 0 spiro atoms. The maximum absolute atomic E-state index is 4.55. The second-order valence-corrected chi connectivity index (χ2v) is 6.13. The average Bonchev–Trinajstić information content (AvgIpc) is 2.61. The van der Waals surface area contributed by atoms with Gasteiger partial charge in [0.05, 0.1) is 28.6 Å². The summed E-state index contributed by atoms with van der Waals surface area (Å²) in [5.74, 6) is 0. The van der Waals surface area contributed by atoms with Gasteiger partial charge in [-0.05, 0) is 48.8 Å². The van der Waals surface area contributed by atoms with Gasteiger partial charge in [-0.1, -0.05) is 0 Å². The number of hydrogen-bond acceptors (Lipinski definition) is 4. The number of aromatic nitrogens is 2. The third-order valence-electron chi connectivity index (χ3n) is 2.46. The molecule has 3 nitrogen and oxygen atoms in total. The van der Waals surface area contributed by atoms with Gasteiger partial charge >= 0.3 is 0 Å². The first-order valence-corrected chi connectivity index (χ1v) is 6.99. The summed E-state index contributed by atoms with van der Waals surface area (Å²) in [4.78, 5) is 10.0. The Bertz CT molecular complexity index is 507. The second-order valence-electron chi connectivity index (χ2n) is 3.91. The quantitative estimate of drug-likeness (QED) is 0.868. The van der Waals surface area contributed by atoms with E-state index in [2.05, 4.69) is 45.1 Å². The maximum Gasteiger partial charge on any atom is 0.106 e. The van der Waals surface area contributed by atoms with Crippen LogP contribution in [-0.2, 0) is 0 Å². The van der Waals surface area contributed by atoms with Gasteiger partial charge in [0.1, 0.15) is 4.60 Å². The standard InChI is InChI=1S/C12H14BrN3S/c1-7(12-8(2)17-9(3)16-12)15-10-4-5-11(13)14-6-10/h4-7,15H,1-3H3. The highest BCUT2D eigenvalue weighted by atomic mass is 79.9. The zero-order valence-electron chi connectivity index (χ0n) is 9.99. The fourth-order valence-corrected chi connectivity index (χ4v) is 2.87. The molecule has 2 aromatic heterocycles. The zero-order valence-corrected chi connectivity index (χ0v) is 12.4. The van der Waals surface area contributed by atoms with Gasteiger partial charge in [0, 0.05) is 4.88 Å². The van der Waals surface area contributed by atoms with Crippen LogP contribution >= 0.6 is 27.3 Å². The van der Waals surface area contributed by atoms with Gasteiger partial charge in [-0.15, -0.1) is 11.3 Å². The molecule has 0 fully saturated rings. The molecule has 2 heterocycles. The van der Waals surface area contributed by atoms with Crippen molar-refractivity contribution in [1.29, 1.82) is 0 Å². The van der Waals surface area contributed by atoms with Crippen LogP contribution in [0.15, 0.2) is 22.9 Å². The average molecular weight is 312 g/mol. The number of halogens is 1. The minimum atomic E-state index is 0.197. The van der Waals surface area contributed by atoms with Crippen molar-refractivity contribution >= 4 is 33.0 Å². The third kappa shape index (κ3) is 3.04. The van der Waals surface area contributed by atoms with E-state index in [4.69, 9.17) is 0 Å². The zero-order chi connectivity index (χ0) is 12.4. The molecule has 5 heteroatoms. The number of anilines is 1. The molecule has 0 radical (unpaired) electrons. The Morgan fingerprint density at radius 1 is 1.35 bits per heavy atom. The SMILES string of the molecule is Cc1nc(C(C)Nc2ccc(Br)nc2)c(C)s1. The van der Waals surface area contributed by atoms with Crippen LogP contribution in [0.3, 0.4) is 0 Å². The van der Waals surface area contributed by atoms with Crippen molar-refractivity contribution in [3.05, 3.63) is 38.5 Å². The van der Waals surface area contributed by atoms with Crippen LogP contribution in [0.1, 0.15) is 28.5 Å². The van der Waals surface area contributed by atoms with Crippen molar-refractivity contribution in [1.82, 2.24) is 9.97 Å². The van der Waals surface area contributed by atoms with E-state index in [1.54, 1.807) is 11.3 Å². The molecule has 0 bridgehead atoms. The molecule has 90 valence electrons. The number of pyridine rings is 1. The Labute approximate surface area is 113 Å². The predicted octanol–water partition coefficient (Wildman–Crippen LogP) is 4.09. The lowest BCUT2D eigenvalue weighted by Crippen LogP contribution is -2.08. The van der Waals surface area contributed by atoms with Crippen molar-refractivity contribution in [3.63, 3.8) is 0 Å². The second kappa shape index (κ2) is 5.14. The van der Waals surface area contributed by atoms with Crippen LogP contribution in [0, 0.1) is 13.8 Å². The van der Waals surface area contributed by atoms with Gasteiger partial charge in [-0.3, -0.25) is 0 Å². The van der Waals surface area contributed by atoms with E-state index in [-0.39, 0.29) is 6.04 Å². The molecule has 0 saturated carbocycles. The summed E-state index contributed by atoms with van der Waals surface area (Å²) in [6, 6.07) is 4.12. The molecule has 0 aliphatic rings. The Morgan fingerprint density at radius 3 is 2.65 bits per heavy atom. The molecule has 1 unspecified atom stereocenters. The summed E-state index contributed by atoms with van der Waals surface area (Å²) in [6.07, 6.45) is 1.81. The van der Waals surface area contributed by atoms with E-state index in [1.807, 2.05) is 25.3 Å². The fourth-order valence-electron chi connectivity index (χ4n) is 1.73. The lowest BCUT2D eigenvalue weighted by Gasteiger charge is -2.13. The van der Waals surface area contributed by atoms with Crippen LogP contribution in [-0.4, -0.2) is 9.97 Å². The van der Waals surface area contributed by atoms with Crippen molar-refractivity contribution < 1.29 is 0 Å². The Hall–Kier alpha value is -0.940. The van der Waals surface area contributed by atoms with Crippen molar-refractivity contribution in [2.24, 2.45) is 0 Å². The lowest BCUT2D eigenvalue weighted by atomic mass is 10.2. The minimum Gasteiger partial charge on any atom is -0.376 e. The smallest absolute Gasteiger partial charge is 0.106 e. The van der Waals surface area contributed by atoms with Gasteiger partial charge < -0.3 is 5.32 Å². The van der Waals surface area contributed by atoms with E-state index < -0.39 is 0 Å². The number of nitrogens with one attached hydrogen (secondary N) is 1. The minimum absolute atomic E-state index is 0.197. The van der Waals surface area contributed by atoms with Crippen molar-refractivity contribution in [2.45, 2.75) is 26.8 Å². The van der Waals surface area contributed by atoms with Gasteiger partial charge in [0.25, 0.3) is 0 Å². The summed E-state index contributed by atoms with van der Waals surface area (Å²) in [5.41, 5.74) is 2.13. The predicted molar refractivity (Wildman–Crippen MR) is 75.6 cm³/mol. The number of rotatable bonds is 3. The van der Waals surface area contributed by atoms with Gasteiger partial charge in [0.2, 0.25) is 0 Å². The number of thiazole rings is 1. The number of nitrogens with zero attached hydrogens (tertiary/aromatic N) is 2. The first-order chi connectivity index (χ1) is 8.06. The molecule has 0 aromatic carbocycles.